The molecule has 0 aliphatic heterocycles. The maximum Gasteiger partial charge on any atom is 0.408 e. The molecule has 0 aromatic carbocycles. The quantitative estimate of drug-likeness (QED) is 0.807. The van der Waals surface area contributed by atoms with Crippen molar-refractivity contribution in [2.45, 2.75) is 70.4 Å². The monoisotopic (exact) mass is 321 g/mol. The number of alkyl carbamates (subject to hydrolysis) is 1. The van der Waals surface area contributed by atoms with Gasteiger partial charge < -0.3 is 14.8 Å². The van der Waals surface area contributed by atoms with Crippen LogP contribution >= 0.6 is 0 Å². The van der Waals surface area contributed by atoms with Gasteiger partial charge >= 0.3 is 12.1 Å². The molecule has 0 aromatic rings. The molecular formula is C15H25F2NO4. The van der Waals surface area contributed by atoms with E-state index in [0.717, 1.165) is 0 Å². The maximum absolute atomic E-state index is 13.2. The molecule has 5 nitrogen and oxygen atoms in total. The van der Waals surface area contributed by atoms with E-state index in [-0.39, 0.29) is 25.2 Å². The largest absolute Gasteiger partial charge is 0.467 e. The Hall–Kier alpha value is -1.40. The van der Waals surface area contributed by atoms with Crippen molar-refractivity contribution in [3.63, 3.8) is 0 Å². The Labute approximate surface area is 129 Å². The number of esters is 1. The van der Waals surface area contributed by atoms with Crippen molar-refractivity contribution >= 4 is 12.1 Å². The third kappa shape index (κ3) is 6.58. The van der Waals surface area contributed by atoms with Crippen LogP contribution < -0.4 is 5.32 Å². The molecule has 0 saturated heterocycles. The predicted octanol–water partition coefficient (Wildman–Crippen LogP) is 3.27. The van der Waals surface area contributed by atoms with Crippen LogP contribution in [-0.4, -0.2) is 36.7 Å². The van der Waals surface area contributed by atoms with Gasteiger partial charge in [0.1, 0.15) is 11.6 Å². The third-order valence-corrected chi connectivity index (χ3v) is 3.58. The first kappa shape index (κ1) is 18.6. The van der Waals surface area contributed by atoms with E-state index in [1.165, 1.54) is 7.11 Å². The van der Waals surface area contributed by atoms with E-state index in [4.69, 9.17) is 4.74 Å². The van der Waals surface area contributed by atoms with Gasteiger partial charge in [-0.1, -0.05) is 0 Å². The number of hydrogen-bond acceptors (Lipinski definition) is 4. The summed E-state index contributed by atoms with van der Waals surface area (Å²) in [6.07, 6.45) is -0.144. The predicted molar refractivity (Wildman–Crippen MR) is 76.7 cm³/mol. The van der Waals surface area contributed by atoms with E-state index >= 15 is 0 Å². The lowest BCUT2D eigenvalue weighted by atomic mass is 9.83. The van der Waals surface area contributed by atoms with Gasteiger partial charge in [-0.25, -0.2) is 18.4 Å². The van der Waals surface area contributed by atoms with E-state index in [9.17, 15) is 18.4 Å². The fraction of sp³-hybridized carbons (Fsp3) is 0.867. The van der Waals surface area contributed by atoms with E-state index in [2.05, 4.69) is 10.1 Å². The van der Waals surface area contributed by atoms with Crippen LogP contribution in [0, 0.1) is 5.92 Å². The van der Waals surface area contributed by atoms with E-state index < -0.39 is 29.6 Å². The summed E-state index contributed by atoms with van der Waals surface area (Å²) in [5, 5.41) is 2.47. The minimum atomic E-state index is -2.62. The summed E-state index contributed by atoms with van der Waals surface area (Å²) in [6.45, 7) is 5.13. The molecule has 0 spiro atoms. The number of alkyl halides is 2. The molecule has 1 N–H and O–H groups in total. The molecular weight excluding hydrogens is 296 g/mol. The zero-order valence-electron chi connectivity index (χ0n) is 13.6. The number of amides is 1. The lowest BCUT2D eigenvalue weighted by molar-refractivity contribution is -0.143. The van der Waals surface area contributed by atoms with Crippen LogP contribution in [0.4, 0.5) is 13.6 Å². The second kappa shape index (κ2) is 7.24. The van der Waals surface area contributed by atoms with E-state index in [1.807, 2.05) is 0 Å². The zero-order chi connectivity index (χ0) is 17.0. The van der Waals surface area contributed by atoms with Crippen molar-refractivity contribution in [1.29, 1.82) is 0 Å². The first-order valence-corrected chi connectivity index (χ1v) is 7.47. The van der Waals surface area contributed by atoms with Gasteiger partial charge in [0, 0.05) is 12.8 Å². The van der Waals surface area contributed by atoms with Crippen molar-refractivity contribution < 1.29 is 27.8 Å². The molecule has 1 amide bonds. The van der Waals surface area contributed by atoms with Crippen LogP contribution in [0.2, 0.25) is 0 Å². The van der Waals surface area contributed by atoms with Crippen LogP contribution in [0.15, 0.2) is 0 Å². The normalized spacial score (nSPS) is 20.1. The molecule has 1 atom stereocenters. The summed E-state index contributed by atoms with van der Waals surface area (Å²) in [4.78, 5) is 23.5. The second-order valence-corrected chi connectivity index (χ2v) is 6.76. The molecule has 1 unspecified atom stereocenters. The number of methoxy groups -OCH3 is 1. The van der Waals surface area contributed by atoms with Crippen molar-refractivity contribution in [1.82, 2.24) is 5.32 Å². The summed E-state index contributed by atoms with van der Waals surface area (Å²) in [5.41, 5.74) is -0.683. The lowest BCUT2D eigenvalue weighted by Gasteiger charge is -2.30. The lowest BCUT2D eigenvalue weighted by Crippen LogP contribution is -2.45. The fourth-order valence-electron chi connectivity index (χ4n) is 2.48. The van der Waals surface area contributed by atoms with Crippen molar-refractivity contribution in [3.05, 3.63) is 0 Å². The third-order valence-electron chi connectivity index (χ3n) is 3.58. The van der Waals surface area contributed by atoms with Crippen LogP contribution in [0.3, 0.4) is 0 Å². The molecule has 1 rings (SSSR count). The van der Waals surface area contributed by atoms with Gasteiger partial charge in [0.15, 0.2) is 0 Å². The Kier molecular flexibility index (Phi) is 6.14. The number of ether oxygens (including phenoxy) is 2. The molecule has 1 aliphatic rings. The molecule has 0 heterocycles. The Balaban J connectivity index is 2.58. The average Bonchev–Trinajstić information content (AvgIpc) is 2.37. The summed E-state index contributed by atoms with van der Waals surface area (Å²) in [7, 11) is 1.22. The molecule has 22 heavy (non-hydrogen) atoms. The van der Waals surface area contributed by atoms with Crippen LogP contribution in [0.1, 0.15) is 52.9 Å². The Morgan fingerprint density at radius 3 is 2.27 bits per heavy atom. The number of hydrogen-bond donors (Lipinski definition) is 1. The van der Waals surface area contributed by atoms with Gasteiger partial charge in [0.25, 0.3) is 0 Å². The summed E-state index contributed by atoms with van der Waals surface area (Å²) >= 11 is 0. The Morgan fingerprint density at radius 2 is 1.82 bits per heavy atom. The minimum Gasteiger partial charge on any atom is -0.467 e. The maximum atomic E-state index is 13.2. The zero-order valence-corrected chi connectivity index (χ0v) is 13.6. The van der Waals surface area contributed by atoms with Crippen LogP contribution in [-0.2, 0) is 14.3 Å². The second-order valence-electron chi connectivity index (χ2n) is 6.76. The smallest absolute Gasteiger partial charge is 0.408 e. The molecule has 7 heteroatoms. The van der Waals surface area contributed by atoms with Gasteiger partial charge in [0.2, 0.25) is 5.92 Å². The van der Waals surface area contributed by atoms with Crippen LogP contribution in [0.5, 0.6) is 0 Å². The fourth-order valence-corrected chi connectivity index (χ4v) is 2.48. The highest BCUT2D eigenvalue weighted by molar-refractivity contribution is 5.81. The van der Waals surface area contributed by atoms with Crippen molar-refractivity contribution in [2.75, 3.05) is 7.11 Å². The SMILES string of the molecule is COC(=O)C(CC1CCC(F)(F)CC1)NC(=O)OC(C)(C)C. The number of rotatable bonds is 4. The van der Waals surface area contributed by atoms with Crippen LogP contribution in [0.25, 0.3) is 0 Å². The summed E-state index contributed by atoms with van der Waals surface area (Å²) < 4.78 is 36.1. The number of halogens is 2. The number of nitrogens with one attached hydrogen (secondary N) is 1. The molecule has 1 fully saturated rings. The van der Waals surface area contributed by atoms with Gasteiger partial charge in [0.05, 0.1) is 7.11 Å². The molecule has 0 aromatic heterocycles. The van der Waals surface area contributed by atoms with Crippen molar-refractivity contribution in [2.24, 2.45) is 5.92 Å². The molecule has 1 saturated carbocycles. The molecule has 0 bridgehead atoms. The van der Waals surface area contributed by atoms with Gasteiger partial charge in [-0.3, -0.25) is 0 Å². The molecule has 128 valence electrons. The Morgan fingerprint density at radius 1 is 1.27 bits per heavy atom. The number of carbonyl (C=O) groups is 2. The van der Waals surface area contributed by atoms with E-state index in [1.54, 1.807) is 20.8 Å². The molecule has 1 aliphatic carbocycles. The standard InChI is InChI=1S/C15H25F2NO4/c1-14(2,3)22-13(20)18-11(12(19)21-4)9-10-5-7-15(16,17)8-6-10/h10-11H,5-9H2,1-4H3,(H,18,20). The van der Waals surface area contributed by atoms with Gasteiger partial charge in [-0.05, 0) is 46.0 Å². The Bertz CT molecular complexity index is 397. The minimum absolute atomic E-state index is 0.0429. The molecule has 0 radical (unpaired) electrons. The highest BCUT2D eigenvalue weighted by Crippen LogP contribution is 2.37. The topological polar surface area (TPSA) is 64.6 Å². The number of carbonyl (C=O) groups excluding carboxylic acids is 2. The highest BCUT2D eigenvalue weighted by Gasteiger charge is 2.37. The first-order chi connectivity index (χ1) is 10.0. The first-order valence-electron chi connectivity index (χ1n) is 7.47. The van der Waals surface area contributed by atoms with Gasteiger partial charge in [-0.2, -0.15) is 0 Å². The van der Waals surface area contributed by atoms with E-state index in [0.29, 0.717) is 12.8 Å². The summed E-state index contributed by atoms with van der Waals surface area (Å²) in [6, 6.07) is -0.878. The van der Waals surface area contributed by atoms with Gasteiger partial charge in [-0.15, -0.1) is 0 Å². The summed E-state index contributed by atoms with van der Waals surface area (Å²) in [5.74, 6) is -3.25. The highest BCUT2D eigenvalue weighted by atomic mass is 19.3. The average molecular weight is 321 g/mol. The van der Waals surface area contributed by atoms with Crippen molar-refractivity contribution in [3.8, 4) is 0 Å².